The molecule has 2 heterocycles. The Balaban J connectivity index is 2.00. The highest BCUT2D eigenvalue weighted by molar-refractivity contribution is 14.1. The number of unbranched alkanes of at least 4 members (excludes halogenated alkanes) is 5. The summed E-state index contributed by atoms with van der Waals surface area (Å²) in [6, 6.07) is 0. The Morgan fingerprint density at radius 3 is 2.70 bits per heavy atom. The molecule has 1 aromatic rings. The first kappa shape index (κ1) is 22.5. The fraction of sp³-hybridized carbons (Fsp3) is 0.778. The Bertz CT molecular complexity index is 678. The van der Waals surface area contributed by atoms with Gasteiger partial charge in [-0.05, 0) is 19.9 Å². The predicted molar refractivity (Wildman–Crippen MR) is 111 cm³/mol. The Morgan fingerprint density at radius 2 is 1.96 bits per heavy atom. The van der Waals surface area contributed by atoms with E-state index in [0.717, 1.165) is 19.5 Å². The van der Waals surface area contributed by atoms with Crippen LogP contribution in [0, 0.1) is 6.92 Å². The van der Waals surface area contributed by atoms with Crippen molar-refractivity contribution in [3.63, 3.8) is 0 Å². The van der Waals surface area contributed by atoms with Gasteiger partial charge >= 0.3 is 5.69 Å². The van der Waals surface area contributed by atoms with E-state index in [1.54, 1.807) is 36.1 Å². The fourth-order valence-electron chi connectivity index (χ4n) is 3.34. The maximum absolute atomic E-state index is 12.2. The molecule has 1 aliphatic rings. The van der Waals surface area contributed by atoms with Gasteiger partial charge in [0.1, 0.15) is 6.61 Å². The van der Waals surface area contributed by atoms with Gasteiger partial charge in [-0.25, -0.2) is 9.68 Å². The molecule has 2 unspecified atom stereocenters. The molecule has 2 atom stereocenters. The van der Waals surface area contributed by atoms with Crippen LogP contribution in [0.5, 0.6) is 0 Å². The van der Waals surface area contributed by atoms with Crippen molar-refractivity contribution in [1.29, 1.82) is 0 Å². The average molecular weight is 495 g/mol. The summed E-state index contributed by atoms with van der Waals surface area (Å²) in [7, 11) is 0. The highest BCUT2D eigenvalue weighted by Crippen LogP contribution is 2.20. The van der Waals surface area contributed by atoms with Crippen molar-refractivity contribution in [2.45, 2.75) is 64.7 Å². The van der Waals surface area contributed by atoms with Crippen LogP contribution < -0.4 is 11.2 Å². The number of nitrogens with zero attached hydrogens (tertiary/aromatic N) is 2. The molecule has 0 spiro atoms. The second-order valence-corrected chi connectivity index (χ2v) is 7.43. The van der Waals surface area contributed by atoms with E-state index in [0.29, 0.717) is 12.1 Å². The van der Waals surface area contributed by atoms with Gasteiger partial charge in [0.2, 0.25) is 0 Å². The monoisotopic (exact) mass is 495 g/mol. The van der Waals surface area contributed by atoms with E-state index in [4.69, 9.17) is 9.62 Å². The van der Waals surface area contributed by atoms with E-state index >= 15 is 0 Å². The van der Waals surface area contributed by atoms with Crippen molar-refractivity contribution < 1.29 is 12.8 Å². The van der Waals surface area contributed by atoms with Gasteiger partial charge in [0.15, 0.2) is 29.2 Å². The van der Waals surface area contributed by atoms with Crippen LogP contribution in [0.25, 0.3) is 0 Å². The maximum atomic E-state index is 12.2. The third-order valence-electron chi connectivity index (χ3n) is 4.81. The van der Waals surface area contributed by atoms with E-state index < -0.39 is 11.9 Å². The van der Waals surface area contributed by atoms with Gasteiger partial charge < -0.3 is 4.74 Å². The molecule has 0 amide bonds. The molecule has 1 aliphatic heterocycles. The number of aromatic nitrogens is 2. The van der Waals surface area contributed by atoms with Crippen molar-refractivity contribution in [1.82, 2.24) is 14.5 Å². The lowest BCUT2D eigenvalue weighted by Gasteiger charge is -2.38. The quantitative estimate of drug-likeness (QED) is 0.220. The third-order valence-corrected chi connectivity index (χ3v) is 5.06. The van der Waals surface area contributed by atoms with Gasteiger partial charge in [-0.1, -0.05) is 39.0 Å². The van der Waals surface area contributed by atoms with Crippen molar-refractivity contribution >= 4 is 23.0 Å². The number of rotatable bonds is 11. The Labute approximate surface area is 173 Å². The molecule has 0 saturated carbocycles. The molecule has 1 fully saturated rings. The molecule has 0 radical (unpaired) electrons. The number of hydrogen-bond acceptors (Lipinski definition) is 6. The SMILES string of the molecule is CCCCCCCCN1CC(COOI)OC(n2cc(C)c(=O)[nH]c2=O)C1. The van der Waals surface area contributed by atoms with Gasteiger partial charge in [-0.3, -0.25) is 19.2 Å². The number of halogens is 1. The van der Waals surface area contributed by atoms with Crippen LogP contribution in [-0.2, 0) is 12.8 Å². The van der Waals surface area contributed by atoms with E-state index in [9.17, 15) is 9.59 Å². The van der Waals surface area contributed by atoms with Gasteiger partial charge in [0, 0.05) is 24.8 Å². The number of morpholine rings is 1. The zero-order valence-electron chi connectivity index (χ0n) is 16.1. The average Bonchev–Trinajstić information content (AvgIpc) is 2.65. The summed E-state index contributed by atoms with van der Waals surface area (Å²) >= 11 is 1.67. The van der Waals surface area contributed by atoms with E-state index in [-0.39, 0.29) is 18.3 Å². The van der Waals surface area contributed by atoms with Crippen LogP contribution in [0.2, 0.25) is 0 Å². The molecular formula is C18H30IN3O5. The largest absolute Gasteiger partial charge is 0.349 e. The van der Waals surface area contributed by atoms with Crippen LogP contribution in [0.4, 0.5) is 0 Å². The van der Waals surface area contributed by atoms with Gasteiger partial charge in [0.05, 0.1) is 6.10 Å². The molecule has 27 heavy (non-hydrogen) atoms. The fourth-order valence-corrected chi connectivity index (χ4v) is 3.48. The molecule has 9 heteroatoms. The van der Waals surface area contributed by atoms with Gasteiger partial charge in [-0.15, -0.1) is 0 Å². The minimum absolute atomic E-state index is 0.210. The lowest BCUT2D eigenvalue weighted by Crippen LogP contribution is -2.50. The normalized spacial score (nSPS) is 20.9. The van der Waals surface area contributed by atoms with Crippen LogP contribution in [-0.4, -0.2) is 46.8 Å². The van der Waals surface area contributed by atoms with Crippen LogP contribution in [0.3, 0.4) is 0 Å². The van der Waals surface area contributed by atoms with Crippen molar-refractivity contribution in [3.05, 3.63) is 32.6 Å². The lowest BCUT2D eigenvalue weighted by molar-refractivity contribution is -0.221. The molecule has 2 rings (SSSR count). The summed E-state index contributed by atoms with van der Waals surface area (Å²) in [4.78, 5) is 33.5. The van der Waals surface area contributed by atoms with Crippen LogP contribution in [0.1, 0.15) is 57.2 Å². The second kappa shape index (κ2) is 11.9. The standard InChI is InChI=1S/C18H30IN3O5/c1-3-4-5-6-7-8-9-21-11-15(13-25-27-19)26-16(12-21)22-10-14(2)17(23)20-18(22)24/h10,15-16H,3-9,11-13H2,1-2H3,(H,20,23,24). The Kier molecular flexibility index (Phi) is 9.98. The van der Waals surface area contributed by atoms with E-state index in [1.807, 2.05) is 0 Å². The topological polar surface area (TPSA) is 85.8 Å². The molecule has 154 valence electrons. The molecule has 0 aliphatic carbocycles. The molecule has 1 N–H and O–H groups in total. The van der Waals surface area contributed by atoms with Crippen molar-refractivity contribution in [2.24, 2.45) is 0 Å². The highest BCUT2D eigenvalue weighted by Gasteiger charge is 2.30. The number of aromatic amines is 1. The second-order valence-electron chi connectivity index (χ2n) is 7.07. The summed E-state index contributed by atoms with van der Waals surface area (Å²) in [6.45, 7) is 6.45. The summed E-state index contributed by atoms with van der Waals surface area (Å²) in [6.07, 6.45) is 8.30. The summed E-state index contributed by atoms with van der Waals surface area (Å²) in [5, 5.41) is 0. The van der Waals surface area contributed by atoms with Crippen molar-refractivity contribution in [2.75, 3.05) is 26.2 Å². The summed E-state index contributed by atoms with van der Waals surface area (Å²) in [5.41, 5.74) is -0.342. The Morgan fingerprint density at radius 1 is 1.22 bits per heavy atom. The smallest absolute Gasteiger partial charge is 0.330 e. The number of nitrogens with one attached hydrogen (secondary N) is 1. The molecule has 0 aromatic carbocycles. The van der Waals surface area contributed by atoms with Crippen LogP contribution >= 0.6 is 23.0 Å². The first-order chi connectivity index (χ1) is 13.0. The Hall–Kier alpha value is -0.750. The highest BCUT2D eigenvalue weighted by atomic mass is 127. The number of aryl methyl sites for hydroxylation is 1. The molecular weight excluding hydrogens is 465 g/mol. The van der Waals surface area contributed by atoms with Gasteiger partial charge in [-0.2, -0.15) is 3.22 Å². The molecule has 0 bridgehead atoms. The van der Waals surface area contributed by atoms with Crippen molar-refractivity contribution in [3.8, 4) is 0 Å². The zero-order chi connectivity index (χ0) is 19.6. The molecule has 1 aromatic heterocycles. The number of H-pyrrole nitrogens is 1. The third kappa shape index (κ3) is 7.30. The minimum atomic E-state index is -0.468. The molecule has 8 nitrogen and oxygen atoms in total. The van der Waals surface area contributed by atoms with E-state index in [2.05, 4.69) is 20.0 Å². The summed E-state index contributed by atoms with van der Waals surface area (Å²) < 4.78 is 12.2. The first-order valence-electron chi connectivity index (χ1n) is 9.65. The first-order valence-corrected chi connectivity index (χ1v) is 10.5. The lowest BCUT2D eigenvalue weighted by atomic mass is 10.1. The maximum Gasteiger partial charge on any atom is 0.330 e. The van der Waals surface area contributed by atoms with Gasteiger partial charge in [0.25, 0.3) is 5.56 Å². The summed E-state index contributed by atoms with van der Waals surface area (Å²) in [5.74, 6) is 0. The van der Waals surface area contributed by atoms with E-state index in [1.165, 1.54) is 36.7 Å². The zero-order valence-corrected chi connectivity index (χ0v) is 18.3. The van der Waals surface area contributed by atoms with Crippen LogP contribution in [0.15, 0.2) is 15.8 Å². The minimum Gasteiger partial charge on any atom is -0.349 e. The number of ether oxygens (including phenoxy) is 1. The molecule has 1 saturated heterocycles. The number of hydrogen-bond donors (Lipinski definition) is 1. The predicted octanol–water partition coefficient (Wildman–Crippen LogP) is 2.70.